The number of aromatic nitrogens is 2. The van der Waals surface area contributed by atoms with Gasteiger partial charge < -0.3 is 15.8 Å². The monoisotopic (exact) mass is 235 g/mol. The second kappa shape index (κ2) is 4.35. The molecule has 1 aromatic carbocycles. The Morgan fingerprint density at radius 3 is 2.76 bits per heavy atom. The molecule has 1 heterocycles. The smallest absolute Gasteiger partial charge is 0.326 e. The second-order valence-electron chi connectivity index (χ2n) is 4.39. The van der Waals surface area contributed by atoms with Crippen molar-refractivity contribution in [1.82, 2.24) is 9.55 Å². The summed E-state index contributed by atoms with van der Waals surface area (Å²) in [6.07, 6.45) is -0.751. The van der Waals surface area contributed by atoms with Crippen LogP contribution in [0.4, 0.5) is 0 Å². The van der Waals surface area contributed by atoms with Gasteiger partial charge >= 0.3 is 5.69 Å². The molecule has 0 saturated carbocycles. The third-order valence-corrected chi connectivity index (χ3v) is 2.87. The van der Waals surface area contributed by atoms with Gasteiger partial charge in [-0.15, -0.1) is 0 Å². The van der Waals surface area contributed by atoms with E-state index in [1.807, 2.05) is 19.9 Å². The molecule has 2 aromatic rings. The maximum Gasteiger partial charge on any atom is 0.326 e. The summed E-state index contributed by atoms with van der Waals surface area (Å²) < 4.78 is 1.64. The van der Waals surface area contributed by atoms with Gasteiger partial charge in [0.2, 0.25) is 0 Å². The molecule has 0 spiro atoms. The average Bonchev–Trinajstić information content (AvgIpc) is 2.63. The minimum Gasteiger partial charge on any atom is -0.387 e. The zero-order valence-corrected chi connectivity index (χ0v) is 9.97. The van der Waals surface area contributed by atoms with Crippen molar-refractivity contribution in [2.24, 2.45) is 5.73 Å². The van der Waals surface area contributed by atoms with Crippen molar-refractivity contribution in [3.8, 4) is 0 Å². The van der Waals surface area contributed by atoms with Crippen molar-refractivity contribution in [2.75, 3.05) is 6.54 Å². The number of nitrogens with one attached hydrogen (secondary N) is 1. The highest BCUT2D eigenvalue weighted by atomic mass is 16.3. The van der Waals surface area contributed by atoms with Crippen LogP contribution in [0.3, 0.4) is 0 Å². The highest BCUT2D eigenvalue weighted by Gasteiger charge is 2.16. The molecule has 0 aliphatic heterocycles. The number of para-hydroxylation sites is 1. The maximum atomic E-state index is 11.8. The molecule has 0 bridgehead atoms. The first-order valence-electron chi connectivity index (χ1n) is 5.67. The number of aromatic amines is 1. The molecule has 0 saturated heterocycles. The lowest BCUT2D eigenvalue weighted by Gasteiger charge is -2.14. The molecule has 1 atom stereocenters. The maximum absolute atomic E-state index is 11.8. The van der Waals surface area contributed by atoms with Gasteiger partial charge in [-0.3, -0.25) is 4.57 Å². The van der Waals surface area contributed by atoms with Crippen LogP contribution in [0, 0.1) is 0 Å². The summed E-state index contributed by atoms with van der Waals surface area (Å²) in [7, 11) is 0. The van der Waals surface area contributed by atoms with Crippen LogP contribution in [0.15, 0.2) is 23.0 Å². The van der Waals surface area contributed by atoms with E-state index in [2.05, 4.69) is 4.98 Å². The summed E-state index contributed by atoms with van der Waals surface area (Å²) in [5.41, 5.74) is 7.48. The molecule has 5 heteroatoms. The predicted molar refractivity (Wildman–Crippen MR) is 67.0 cm³/mol. The zero-order valence-electron chi connectivity index (χ0n) is 9.97. The number of aliphatic hydroxyl groups is 1. The van der Waals surface area contributed by atoms with Crippen molar-refractivity contribution in [3.63, 3.8) is 0 Å². The fourth-order valence-electron chi connectivity index (χ4n) is 2.10. The van der Waals surface area contributed by atoms with Crippen molar-refractivity contribution in [3.05, 3.63) is 34.2 Å². The SMILES string of the molecule is CC(C)n1c(=O)[nH]c2cccc(C(O)CN)c21. The van der Waals surface area contributed by atoms with Gasteiger partial charge in [0, 0.05) is 18.2 Å². The van der Waals surface area contributed by atoms with Gasteiger partial charge in [0.1, 0.15) is 0 Å². The Balaban J connectivity index is 2.81. The van der Waals surface area contributed by atoms with Crippen LogP contribution in [0.1, 0.15) is 31.6 Å². The van der Waals surface area contributed by atoms with E-state index in [-0.39, 0.29) is 18.3 Å². The predicted octanol–water partition coefficient (Wildman–Crippen LogP) is 0.903. The molecule has 4 N–H and O–H groups in total. The molecule has 0 aliphatic rings. The topological polar surface area (TPSA) is 84.0 Å². The Labute approximate surface area is 98.9 Å². The highest BCUT2D eigenvalue weighted by molar-refractivity contribution is 5.79. The van der Waals surface area contributed by atoms with Crippen LogP contribution in [-0.4, -0.2) is 21.2 Å². The third-order valence-electron chi connectivity index (χ3n) is 2.87. The summed E-state index contributed by atoms with van der Waals surface area (Å²) >= 11 is 0. The Kier molecular flexibility index (Phi) is 3.04. The van der Waals surface area contributed by atoms with Gasteiger partial charge in [0.25, 0.3) is 0 Å². The highest BCUT2D eigenvalue weighted by Crippen LogP contribution is 2.23. The van der Waals surface area contributed by atoms with Gasteiger partial charge in [-0.2, -0.15) is 0 Å². The van der Waals surface area contributed by atoms with Crippen LogP contribution >= 0.6 is 0 Å². The number of nitrogens with two attached hydrogens (primary N) is 1. The zero-order chi connectivity index (χ0) is 12.6. The number of benzene rings is 1. The minimum atomic E-state index is -0.751. The number of nitrogens with zero attached hydrogens (tertiary/aromatic N) is 1. The van der Waals surface area contributed by atoms with Gasteiger partial charge in [-0.25, -0.2) is 4.79 Å². The Morgan fingerprint density at radius 1 is 1.47 bits per heavy atom. The number of imidazole rings is 1. The van der Waals surface area contributed by atoms with Crippen LogP contribution < -0.4 is 11.4 Å². The van der Waals surface area contributed by atoms with E-state index in [9.17, 15) is 9.90 Å². The lowest BCUT2D eigenvalue weighted by molar-refractivity contribution is 0.188. The molecule has 1 aromatic heterocycles. The van der Waals surface area contributed by atoms with Crippen LogP contribution in [0.2, 0.25) is 0 Å². The van der Waals surface area contributed by atoms with E-state index in [0.29, 0.717) is 5.56 Å². The first-order chi connectivity index (χ1) is 8.06. The number of H-pyrrole nitrogens is 1. The fourth-order valence-corrected chi connectivity index (χ4v) is 2.10. The molecular formula is C12H17N3O2. The van der Waals surface area contributed by atoms with Gasteiger partial charge in [0.05, 0.1) is 17.1 Å². The number of aliphatic hydroxyl groups excluding tert-OH is 1. The molecule has 5 nitrogen and oxygen atoms in total. The van der Waals surface area contributed by atoms with E-state index in [0.717, 1.165) is 11.0 Å². The minimum absolute atomic E-state index is 0.0300. The van der Waals surface area contributed by atoms with Crippen molar-refractivity contribution < 1.29 is 5.11 Å². The molecular weight excluding hydrogens is 218 g/mol. The summed E-state index contributed by atoms with van der Waals surface area (Å²) in [5, 5.41) is 9.89. The van der Waals surface area contributed by atoms with Gasteiger partial charge in [-0.1, -0.05) is 12.1 Å². The largest absolute Gasteiger partial charge is 0.387 e. The molecule has 2 rings (SSSR count). The number of fused-ring (bicyclic) bond motifs is 1. The molecule has 92 valence electrons. The number of rotatable bonds is 3. The normalized spacial score (nSPS) is 13.5. The first kappa shape index (κ1) is 11.9. The summed E-state index contributed by atoms with van der Waals surface area (Å²) in [6, 6.07) is 5.45. The van der Waals surface area contributed by atoms with Gasteiger partial charge in [-0.05, 0) is 19.9 Å². The van der Waals surface area contributed by atoms with Crippen molar-refractivity contribution in [1.29, 1.82) is 0 Å². The third kappa shape index (κ3) is 1.87. The lowest BCUT2D eigenvalue weighted by Crippen LogP contribution is -2.20. The average molecular weight is 235 g/mol. The van der Waals surface area contributed by atoms with E-state index < -0.39 is 6.10 Å². The molecule has 0 radical (unpaired) electrons. The lowest BCUT2D eigenvalue weighted by atomic mass is 10.1. The molecule has 0 fully saturated rings. The number of hydrogen-bond acceptors (Lipinski definition) is 3. The molecule has 0 amide bonds. The Bertz CT molecular complexity index is 583. The quantitative estimate of drug-likeness (QED) is 0.739. The molecule has 0 aliphatic carbocycles. The van der Waals surface area contributed by atoms with Crippen LogP contribution in [-0.2, 0) is 0 Å². The Hall–Kier alpha value is -1.59. The van der Waals surface area contributed by atoms with Gasteiger partial charge in [0.15, 0.2) is 0 Å². The van der Waals surface area contributed by atoms with E-state index in [1.54, 1.807) is 16.7 Å². The molecule has 1 unspecified atom stereocenters. The van der Waals surface area contributed by atoms with Crippen LogP contribution in [0.5, 0.6) is 0 Å². The van der Waals surface area contributed by atoms with Crippen molar-refractivity contribution in [2.45, 2.75) is 26.0 Å². The Morgan fingerprint density at radius 2 is 2.18 bits per heavy atom. The first-order valence-corrected chi connectivity index (χ1v) is 5.67. The second-order valence-corrected chi connectivity index (χ2v) is 4.39. The standard InChI is InChI=1S/C12H17N3O2/c1-7(2)15-11-8(10(16)6-13)4-3-5-9(11)14-12(15)17/h3-5,7,10,16H,6,13H2,1-2H3,(H,14,17). The summed E-state index contributed by atoms with van der Waals surface area (Å²) in [4.78, 5) is 14.6. The van der Waals surface area contributed by atoms with E-state index in [4.69, 9.17) is 5.73 Å². The van der Waals surface area contributed by atoms with Crippen molar-refractivity contribution >= 4 is 11.0 Å². The van der Waals surface area contributed by atoms with Crippen LogP contribution in [0.25, 0.3) is 11.0 Å². The van der Waals surface area contributed by atoms with E-state index >= 15 is 0 Å². The fraction of sp³-hybridized carbons (Fsp3) is 0.417. The van der Waals surface area contributed by atoms with E-state index in [1.165, 1.54) is 0 Å². The molecule has 17 heavy (non-hydrogen) atoms. The summed E-state index contributed by atoms with van der Waals surface area (Å²) in [6.45, 7) is 4.00. The number of hydrogen-bond donors (Lipinski definition) is 3. The summed E-state index contributed by atoms with van der Waals surface area (Å²) in [5.74, 6) is 0.